The van der Waals surface area contributed by atoms with Gasteiger partial charge < -0.3 is 10.5 Å². The lowest BCUT2D eigenvalue weighted by Gasteiger charge is -2.23. The van der Waals surface area contributed by atoms with Crippen LogP contribution in [0, 0.1) is 0 Å². The van der Waals surface area contributed by atoms with Crippen molar-refractivity contribution in [3.05, 3.63) is 34.8 Å². The average molecular weight is 277 g/mol. The Labute approximate surface area is 117 Å². The number of ether oxygens (including phenoxy) is 1. The van der Waals surface area contributed by atoms with Crippen LogP contribution < -0.4 is 10.5 Å². The van der Waals surface area contributed by atoms with E-state index >= 15 is 0 Å². The van der Waals surface area contributed by atoms with Crippen LogP contribution in [-0.2, 0) is 12.0 Å². The quantitative estimate of drug-likeness (QED) is 0.910. The van der Waals surface area contributed by atoms with Gasteiger partial charge in [-0.25, -0.2) is 0 Å². The smallest absolute Gasteiger partial charge is 0.203 e. The summed E-state index contributed by atoms with van der Waals surface area (Å²) >= 11 is 1.35. The molecule has 0 atom stereocenters. The van der Waals surface area contributed by atoms with Crippen LogP contribution in [0.3, 0.4) is 0 Å². The molecule has 0 spiro atoms. The molecule has 0 unspecified atom stereocenters. The molecule has 0 fully saturated rings. The number of benzene rings is 1. The normalized spacial score (nSPS) is 11.5. The molecule has 0 aliphatic carbocycles. The third-order valence-electron chi connectivity index (χ3n) is 3.36. The zero-order valence-corrected chi connectivity index (χ0v) is 12.3. The third kappa shape index (κ3) is 3.44. The van der Waals surface area contributed by atoms with Gasteiger partial charge in [0.05, 0.1) is 0 Å². The van der Waals surface area contributed by atoms with E-state index in [1.807, 2.05) is 12.1 Å². The number of nitrogens with zero attached hydrogens (tertiary/aromatic N) is 2. The summed E-state index contributed by atoms with van der Waals surface area (Å²) < 4.78 is 5.66. The van der Waals surface area contributed by atoms with E-state index in [1.54, 1.807) is 0 Å². The number of hydrogen-bond acceptors (Lipinski definition) is 5. The van der Waals surface area contributed by atoms with Gasteiger partial charge in [0.1, 0.15) is 12.4 Å². The van der Waals surface area contributed by atoms with E-state index in [-0.39, 0.29) is 5.41 Å². The summed E-state index contributed by atoms with van der Waals surface area (Å²) in [6, 6.07) is 8.23. The first-order valence-corrected chi connectivity index (χ1v) is 7.14. The lowest BCUT2D eigenvalue weighted by molar-refractivity contribution is 0.304. The zero-order chi connectivity index (χ0) is 13.9. The van der Waals surface area contributed by atoms with Crippen LogP contribution in [0.4, 0.5) is 5.13 Å². The topological polar surface area (TPSA) is 61.0 Å². The van der Waals surface area contributed by atoms with Gasteiger partial charge in [-0.1, -0.05) is 44.2 Å². The number of hydrogen-bond donors (Lipinski definition) is 1. The number of rotatable bonds is 5. The van der Waals surface area contributed by atoms with E-state index in [4.69, 9.17) is 10.5 Å². The maximum atomic E-state index is 5.66. The van der Waals surface area contributed by atoms with Crippen molar-refractivity contribution in [2.45, 2.75) is 39.2 Å². The minimum atomic E-state index is 0.201. The fraction of sp³-hybridized carbons (Fsp3) is 0.429. The first kappa shape index (κ1) is 13.8. The molecule has 2 N–H and O–H groups in total. The van der Waals surface area contributed by atoms with Crippen molar-refractivity contribution in [2.24, 2.45) is 0 Å². The fourth-order valence-electron chi connectivity index (χ4n) is 1.68. The number of aromatic nitrogens is 2. The minimum absolute atomic E-state index is 0.201. The predicted octanol–water partition coefficient (Wildman–Crippen LogP) is 3.39. The Morgan fingerprint density at radius 1 is 1.21 bits per heavy atom. The maximum Gasteiger partial charge on any atom is 0.203 e. The molecule has 0 amide bonds. The summed E-state index contributed by atoms with van der Waals surface area (Å²) in [5, 5.41) is 8.93. The molecule has 1 aromatic heterocycles. The van der Waals surface area contributed by atoms with Crippen LogP contribution in [-0.4, -0.2) is 10.2 Å². The van der Waals surface area contributed by atoms with Gasteiger partial charge in [-0.3, -0.25) is 0 Å². The molecular formula is C14H19N3OS. The summed E-state index contributed by atoms with van der Waals surface area (Å²) in [5.74, 6) is 0.837. The highest BCUT2D eigenvalue weighted by Crippen LogP contribution is 2.28. The van der Waals surface area contributed by atoms with Crippen molar-refractivity contribution in [3.63, 3.8) is 0 Å². The van der Waals surface area contributed by atoms with Crippen LogP contribution in [0.2, 0.25) is 0 Å². The summed E-state index contributed by atoms with van der Waals surface area (Å²) in [7, 11) is 0. The molecule has 102 valence electrons. The Bertz CT molecular complexity index is 534. The largest absolute Gasteiger partial charge is 0.486 e. The van der Waals surface area contributed by atoms with Crippen molar-refractivity contribution in [1.82, 2.24) is 10.2 Å². The molecule has 0 saturated heterocycles. The van der Waals surface area contributed by atoms with Crippen LogP contribution >= 0.6 is 11.3 Å². The van der Waals surface area contributed by atoms with Gasteiger partial charge in [-0.2, -0.15) is 0 Å². The molecule has 2 aromatic rings. The average Bonchev–Trinajstić information content (AvgIpc) is 2.83. The number of nitrogens with two attached hydrogens (primary N) is 1. The van der Waals surface area contributed by atoms with Crippen LogP contribution in [0.15, 0.2) is 24.3 Å². The molecule has 0 aliphatic rings. The highest BCUT2D eigenvalue weighted by atomic mass is 32.1. The van der Waals surface area contributed by atoms with Crippen molar-refractivity contribution >= 4 is 16.5 Å². The van der Waals surface area contributed by atoms with E-state index in [2.05, 4.69) is 43.1 Å². The lowest BCUT2D eigenvalue weighted by Crippen LogP contribution is -2.15. The third-order valence-corrected chi connectivity index (χ3v) is 4.09. The van der Waals surface area contributed by atoms with E-state index < -0.39 is 0 Å². The molecular weight excluding hydrogens is 258 g/mol. The molecule has 4 nitrogen and oxygen atoms in total. The van der Waals surface area contributed by atoms with Gasteiger partial charge in [-0.05, 0) is 29.5 Å². The SMILES string of the molecule is CCC(C)(C)c1ccc(OCc2nnc(N)s2)cc1. The van der Waals surface area contributed by atoms with Gasteiger partial charge in [0, 0.05) is 0 Å². The van der Waals surface area contributed by atoms with Crippen molar-refractivity contribution in [1.29, 1.82) is 0 Å². The van der Waals surface area contributed by atoms with Gasteiger partial charge in [0.2, 0.25) is 5.13 Å². The molecule has 19 heavy (non-hydrogen) atoms. The standard InChI is InChI=1S/C14H19N3OS/c1-4-14(2,3)10-5-7-11(8-6-10)18-9-12-16-17-13(15)19-12/h5-8H,4,9H2,1-3H3,(H2,15,17). The maximum absolute atomic E-state index is 5.66. The van der Waals surface area contributed by atoms with Crippen molar-refractivity contribution in [3.8, 4) is 5.75 Å². The summed E-state index contributed by atoms with van der Waals surface area (Å²) in [6.07, 6.45) is 1.11. The van der Waals surface area contributed by atoms with Crippen LogP contribution in [0.5, 0.6) is 5.75 Å². The molecule has 0 radical (unpaired) electrons. The monoisotopic (exact) mass is 277 g/mol. The van der Waals surface area contributed by atoms with E-state index in [1.165, 1.54) is 16.9 Å². The van der Waals surface area contributed by atoms with Crippen LogP contribution in [0.1, 0.15) is 37.8 Å². The fourth-order valence-corrected chi connectivity index (χ4v) is 2.20. The molecule has 2 rings (SSSR count). The Balaban J connectivity index is 1.99. The van der Waals surface area contributed by atoms with Gasteiger partial charge >= 0.3 is 0 Å². The predicted molar refractivity (Wildman–Crippen MR) is 78.4 cm³/mol. The summed E-state index contributed by atoms with van der Waals surface area (Å²) in [6.45, 7) is 7.09. The van der Waals surface area contributed by atoms with Crippen molar-refractivity contribution < 1.29 is 4.74 Å². The second-order valence-corrected chi connectivity index (χ2v) is 6.18. The summed E-state index contributed by atoms with van der Waals surface area (Å²) in [5.41, 5.74) is 7.04. The molecule has 1 heterocycles. The molecule has 0 bridgehead atoms. The Morgan fingerprint density at radius 2 is 1.89 bits per heavy atom. The van der Waals surface area contributed by atoms with Crippen molar-refractivity contribution in [2.75, 3.05) is 5.73 Å². The first-order chi connectivity index (χ1) is 9.01. The molecule has 0 aliphatic heterocycles. The zero-order valence-electron chi connectivity index (χ0n) is 11.5. The van der Waals surface area contributed by atoms with Gasteiger partial charge in [0.15, 0.2) is 5.01 Å². The first-order valence-electron chi connectivity index (χ1n) is 6.32. The van der Waals surface area contributed by atoms with Gasteiger partial charge in [0.25, 0.3) is 0 Å². The van der Waals surface area contributed by atoms with Crippen LogP contribution in [0.25, 0.3) is 0 Å². The molecule has 5 heteroatoms. The minimum Gasteiger partial charge on any atom is -0.486 e. The second-order valence-electron chi connectivity index (χ2n) is 5.08. The van der Waals surface area contributed by atoms with Gasteiger partial charge in [-0.15, -0.1) is 10.2 Å². The lowest BCUT2D eigenvalue weighted by atomic mass is 9.82. The molecule has 1 aromatic carbocycles. The highest BCUT2D eigenvalue weighted by Gasteiger charge is 2.17. The number of nitrogen functional groups attached to an aromatic ring is 1. The highest BCUT2D eigenvalue weighted by molar-refractivity contribution is 7.15. The molecule has 0 saturated carbocycles. The van der Waals surface area contributed by atoms with E-state index in [9.17, 15) is 0 Å². The summed E-state index contributed by atoms with van der Waals surface area (Å²) in [4.78, 5) is 0. The Kier molecular flexibility index (Phi) is 4.04. The van der Waals surface area contributed by atoms with E-state index in [0.29, 0.717) is 11.7 Å². The van der Waals surface area contributed by atoms with E-state index in [0.717, 1.165) is 17.2 Å². The Morgan fingerprint density at radius 3 is 2.42 bits per heavy atom. The second kappa shape index (κ2) is 5.57. The Hall–Kier alpha value is -1.62. The number of anilines is 1.